The molecule has 1 unspecified atom stereocenters. The summed E-state index contributed by atoms with van der Waals surface area (Å²) in [6.45, 7) is 11.1. The van der Waals surface area contributed by atoms with E-state index in [1.165, 1.54) is 4.91 Å². The van der Waals surface area contributed by atoms with E-state index in [9.17, 15) is 0 Å². The third-order valence-electron chi connectivity index (χ3n) is 4.69. The SMILES string of the molecule is CC/C=C/NC(=NC(C)C1=NCC=C(C)S1)c1cc(-c2ccc(C)cn2)cnc1C. The van der Waals surface area contributed by atoms with Gasteiger partial charge in [-0.2, -0.15) is 0 Å². The highest BCUT2D eigenvalue weighted by atomic mass is 32.2. The van der Waals surface area contributed by atoms with Gasteiger partial charge in [-0.3, -0.25) is 20.0 Å². The lowest BCUT2D eigenvalue weighted by atomic mass is 10.1. The quantitative estimate of drug-likeness (QED) is 0.499. The molecule has 1 N–H and O–H groups in total. The number of rotatable bonds is 6. The summed E-state index contributed by atoms with van der Waals surface area (Å²) in [7, 11) is 0. The monoisotopic (exact) mass is 419 g/mol. The molecule has 0 bridgehead atoms. The van der Waals surface area contributed by atoms with Crippen molar-refractivity contribution < 1.29 is 0 Å². The fourth-order valence-electron chi connectivity index (χ4n) is 2.96. The Morgan fingerprint density at radius 3 is 2.77 bits per heavy atom. The topological polar surface area (TPSA) is 62.5 Å². The molecule has 0 aliphatic carbocycles. The van der Waals surface area contributed by atoms with E-state index in [0.29, 0.717) is 0 Å². The van der Waals surface area contributed by atoms with E-state index in [-0.39, 0.29) is 6.04 Å². The zero-order valence-corrected chi connectivity index (χ0v) is 19.1. The lowest BCUT2D eigenvalue weighted by molar-refractivity contribution is 0.959. The molecule has 5 nitrogen and oxygen atoms in total. The lowest BCUT2D eigenvalue weighted by Crippen LogP contribution is -2.25. The first-order valence-corrected chi connectivity index (χ1v) is 11.1. The molecule has 2 aromatic rings. The van der Waals surface area contributed by atoms with E-state index in [4.69, 9.17) is 4.99 Å². The summed E-state index contributed by atoms with van der Waals surface area (Å²) in [4.78, 5) is 20.1. The van der Waals surface area contributed by atoms with Gasteiger partial charge in [0.25, 0.3) is 0 Å². The molecule has 0 saturated carbocycles. The lowest BCUT2D eigenvalue weighted by Gasteiger charge is -2.17. The van der Waals surface area contributed by atoms with Gasteiger partial charge in [0, 0.05) is 29.2 Å². The molecule has 0 fully saturated rings. The molecule has 0 aromatic carbocycles. The molecular weight excluding hydrogens is 390 g/mol. The summed E-state index contributed by atoms with van der Waals surface area (Å²) in [6.07, 6.45) is 10.9. The summed E-state index contributed by atoms with van der Waals surface area (Å²) in [5, 5.41) is 4.41. The Hall–Kier alpha value is -2.73. The van der Waals surface area contributed by atoms with Gasteiger partial charge in [-0.15, -0.1) is 0 Å². The molecule has 3 rings (SSSR count). The molecule has 0 spiro atoms. The molecule has 3 heterocycles. The average molecular weight is 420 g/mol. The number of amidine groups is 1. The third-order valence-corrected chi connectivity index (χ3v) is 5.86. The van der Waals surface area contributed by atoms with Gasteiger partial charge in [0.1, 0.15) is 5.84 Å². The molecule has 0 amide bonds. The van der Waals surface area contributed by atoms with Gasteiger partial charge in [0.2, 0.25) is 0 Å². The minimum absolute atomic E-state index is 0.0447. The maximum atomic E-state index is 5.00. The van der Waals surface area contributed by atoms with Crippen LogP contribution in [0.25, 0.3) is 11.3 Å². The first-order valence-electron chi connectivity index (χ1n) is 10.3. The highest BCUT2D eigenvalue weighted by molar-refractivity contribution is 8.17. The van der Waals surface area contributed by atoms with Gasteiger partial charge in [-0.25, -0.2) is 0 Å². The number of nitrogens with one attached hydrogen (secondary N) is 1. The maximum Gasteiger partial charge on any atom is 0.134 e. The van der Waals surface area contributed by atoms with Crippen molar-refractivity contribution in [2.24, 2.45) is 9.98 Å². The molecule has 6 heteroatoms. The zero-order valence-electron chi connectivity index (χ0n) is 18.3. The predicted molar refractivity (Wildman–Crippen MR) is 129 cm³/mol. The molecule has 156 valence electrons. The molecule has 1 aliphatic heterocycles. The Kier molecular flexibility index (Phi) is 7.57. The second kappa shape index (κ2) is 10.3. The Morgan fingerprint density at radius 1 is 1.23 bits per heavy atom. The van der Waals surface area contributed by atoms with Crippen molar-refractivity contribution in [3.05, 3.63) is 70.7 Å². The van der Waals surface area contributed by atoms with Crippen molar-refractivity contribution >= 4 is 22.6 Å². The zero-order chi connectivity index (χ0) is 21.5. The van der Waals surface area contributed by atoms with Crippen LogP contribution in [0.3, 0.4) is 0 Å². The second-order valence-corrected chi connectivity index (χ2v) is 8.55. The number of nitrogens with zero attached hydrogens (tertiary/aromatic N) is 4. The Morgan fingerprint density at radius 2 is 2.07 bits per heavy atom. The number of hydrogen-bond acceptors (Lipinski definition) is 5. The first kappa shape index (κ1) is 22.0. The number of pyridine rings is 2. The van der Waals surface area contributed by atoms with Crippen LogP contribution in [0.4, 0.5) is 0 Å². The Balaban J connectivity index is 1.98. The van der Waals surface area contributed by atoms with E-state index in [2.05, 4.69) is 65.3 Å². The van der Waals surface area contributed by atoms with E-state index >= 15 is 0 Å². The van der Waals surface area contributed by atoms with Crippen molar-refractivity contribution in [1.82, 2.24) is 15.3 Å². The minimum Gasteiger partial charge on any atom is -0.347 e. The number of aliphatic imine (C=N–C) groups is 2. The van der Waals surface area contributed by atoms with Gasteiger partial charge in [0.05, 0.1) is 23.3 Å². The van der Waals surface area contributed by atoms with Crippen molar-refractivity contribution in [1.29, 1.82) is 0 Å². The predicted octanol–water partition coefficient (Wildman–Crippen LogP) is 5.46. The second-order valence-electron chi connectivity index (χ2n) is 7.28. The van der Waals surface area contributed by atoms with Crippen molar-refractivity contribution in [3.8, 4) is 11.3 Å². The standard InChI is InChI=1S/C24H29N5S/c1-6-7-11-25-23(29-19(5)24-26-12-10-17(3)30-24)21-13-20(15-27-18(21)4)22-9-8-16(2)14-28-22/h7-11,13-15,19H,6,12H2,1-5H3,(H,25,29)/b11-7+. The van der Waals surface area contributed by atoms with Crippen LogP contribution >= 0.6 is 11.8 Å². The van der Waals surface area contributed by atoms with Gasteiger partial charge >= 0.3 is 0 Å². The molecule has 1 aliphatic rings. The number of aromatic nitrogens is 2. The van der Waals surface area contributed by atoms with Crippen molar-refractivity contribution in [2.75, 3.05) is 6.54 Å². The van der Waals surface area contributed by atoms with E-state index in [1.807, 2.05) is 38.5 Å². The summed E-state index contributed by atoms with van der Waals surface area (Å²) in [5.74, 6) is 0.793. The summed E-state index contributed by atoms with van der Waals surface area (Å²) in [5.41, 5.74) is 4.90. The molecule has 1 atom stereocenters. The van der Waals surface area contributed by atoms with Gasteiger partial charge in [-0.1, -0.05) is 36.9 Å². The fourth-order valence-corrected chi connectivity index (χ4v) is 3.81. The van der Waals surface area contributed by atoms with Crippen LogP contribution in [-0.4, -0.2) is 33.4 Å². The average Bonchev–Trinajstić information content (AvgIpc) is 2.74. The largest absolute Gasteiger partial charge is 0.347 e. The number of thioether (sulfide) groups is 1. The normalized spacial score (nSPS) is 15.7. The van der Waals surface area contributed by atoms with Crippen molar-refractivity contribution in [3.63, 3.8) is 0 Å². The Labute approximate surface area is 183 Å². The van der Waals surface area contributed by atoms with Crippen molar-refractivity contribution in [2.45, 2.75) is 47.1 Å². The van der Waals surface area contributed by atoms with Gasteiger partial charge < -0.3 is 5.32 Å². The molecule has 2 aromatic heterocycles. The molecule has 30 heavy (non-hydrogen) atoms. The van der Waals surface area contributed by atoms with Gasteiger partial charge in [-0.05, 0) is 62.9 Å². The third kappa shape index (κ3) is 5.66. The molecule has 0 saturated heterocycles. The summed E-state index contributed by atoms with van der Waals surface area (Å²) >= 11 is 1.70. The summed E-state index contributed by atoms with van der Waals surface area (Å²) < 4.78 is 0. The van der Waals surface area contributed by atoms with E-state index in [0.717, 1.165) is 51.9 Å². The smallest absolute Gasteiger partial charge is 0.134 e. The maximum absolute atomic E-state index is 5.00. The van der Waals surface area contributed by atoms with Crippen LogP contribution in [0.15, 0.2) is 63.8 Å². The highest BCUT2D eigenvalue weighted by Gasteiger charge is 2.17. The van der Waals surface area contributed by atoms with E-state index < -0.39 is 0 Å². The van der Waals surface area contributed by atoms with E-state index in [1.54, 1.807) is 11.8 Å². The van der Waals surface area contributed by atoms with Crippen LogP contribution in [0.5, 0.6) is 0 Å². The van der Waals surface area contributed by atoms with Crippen LogP contribution in [0.2, 0.25) is 0 Å². The fraction of sp³-hybridized carbons (Fsp3) is 0.333. The number of hydrogen-bond donors (Lipinski definition) is 1. The molecular formula is C24H29N5S. The molecule has 0 radical (unpaired) electrons. The van der Waals surface area contributed by atoms with Crippen LogP contribution in [0, 0.1) is 13.8 Å². The minimum atomic E-state index is -0.0447. The highest BCUT2D eigenvalue weighted by Crippen LogP contribution is 2.25. The summed E-state index contributed by atoms with van der Waals surface area (Å²) in [6, 6.07) is 6.16. The van der Waals surface area contributed by atoms with Crippen LogP contribution in [0.1, 0.15) is 44.0 Å². The number of aryl methyl sites for hydroxylation is 2. The van der Waals surface area contributed by atoms with Crippen LogP contribution in [-0.2, 0) is 0 Å². The van der Waals surface area contributed by atoms with Crippen LogP contribution < -0.4 is 5.32 Å². The Bertz CT molecular complexity index is 1000. The van der Waals surface area contributed by atoms with Gasteiger partial charge in [0.15, 0.2) is 0 Å². The number of allylic oxidation sites excluding steroid dienone is 2. The first-order chi connectivity index (χ1) is 14.5.